The summed E-state index contributed by atoms with van der Waals surface area (Å²) in [6.07, 6.45) is 1.89. The van der Waals surface area contributed by atoms with Crippen molar-refractivity contribution in [3.05, 3.63) is 48.5 Å². The zero-order valence-electron chi connectivity index (χ0n) is 8.07. The number of hydrogen-bond acceptors (Lipinski definition) is 2. The molecule has 14 heavy (non-hydrogen) atoms. The van der Waals surface area contributed by atoms with Crippen molar-refractivity contribution >= 4 is 7.12 Å². The lowest BCUT2D eigenvalue weighted by molar-refractivity contribution is 0.517. The topological polar surface area (TPSA) is 18.5 Å². The molecule has 1 aliphatic rings. The fourth-order valence-corrected chi connectivity index (χ4v) is 1.24. The largest absolute Gasteiger partial charge is 0.625 e. The van der Waals surface area contributed by atoms with Crippen molar-refractivity contribution < 1.29 is 9.31 Å². The van der Waals surface area contributed by atoms with Gasteiger partial charge in [-0.3, -0.25) is 0 Å². The number of rotatable bonds is 2. The van der Waals surface area contributed by atoms with Crippen LogP contribution in [-0.4, -0.2) is 7.12 Å². The second-order valence-corrected chi connectivity index (χ2v) is 3.26. The molecule has 0 unspecified atom stereocenters. The van der Waals surface area contributed by atoms with Crippen LogP contribution in [-0.2, 0) is 0 Å². The van der Waals surface area contributed by atoms with E-state index in [0.717, 1.165) is 17.1 Å². The van der Waals surface area contributed by atoms with Crippen molar-refractivity contribution in [2.45, 2.75) is 6.92 Å². The summed E-state index contributed by atoms with van der Waals surface area (Å²) >= 11 is 0. The van der Waals surface area contributed by atoms with Crippen LogP contribution in [0.3, 0.4) is 0 Å². The SMILES string of the molecule is C=C(C)/C=C\B1Oc2ccccc2O1. The Balaban J connectivity index is 2.08. The summed E-state index contributed by atoms with van der Waals surface area (Å²) in [4.78, 5) is 0. The molecular formula is C11H11BO2. The van der Waals surface area contributed by atoms with E-state index in [2.05, 4.69) is 6.58 Å². The molecule has 2 nitrogen and oxygen atoms in total. The third kappa shape index (κ3) is 1.82. The Kier molecular flexibility index (Phi) is 2.31. The summed E-state index contributed by atoms with van der Waals surface area (Å²) < 4.78 is 11.0. The van der Waals surface area contributed by atoms with Crippen LogP contribution in [0.4, 0.5) is 0 Å². The predicted octanol–water partition coefficient (Wildman–Crippen LogP) is 2.62. The van der Waals surface area contributed by atoms with Crippen molar-refractivity contribution in [2.75, 3.05) is 0 Å². The first kappa shape index (κ1) is 8.94. The molecule has 1 aliphatic heterocycles. The van der Waals surface area contributed by atoms with Gasteiger partial charge in [-0.05, 0) is 25.0 Å². The molecule has 0 bridgehead atoms. The van der Waals surface area contributed by atoms with Gasteiger partial charge in [0.15, 0.2) is 0 Å². The molecule has 0 spiro atoms. The van der Waals surface area contributed by atoms with Crippen LogP contribution in [0.15, 0.2) is 48.5 Å². The van der Waals surface area contributed by atoms with Crippen LogP contribution in [0.25, 0.3) is 0 Å². The van der Waals surface area contributed by atoms with Crippen LogP contribution in [0.2, 0.25) is 0 Å². The Labute approximate surface area is 84.0 Å². The van der Waals surface area contributed by atoms with E-state index in [1.165, 1.54) is 0 Å². The van der Waals surface area contributed by atoms with E-state index in [0.29, 0.717) is 0 Å². The van der Waals surface area contributed by atoms with Crippen molar-refractivity contribution in [2.24, 2.45) is 0 Å². The quantitative estimate of drug-likeness (QED) is 0.522. The van der Waals surface area contributed by atoms with E-state index >= 15 is 0 Å². The summed E-state index contributed by atoms with van der Waals surface area (Å²) in [6, 6.07) is 7.63. The molecule has 0 aliphatic carbocycles. The van der Waals surface area contributed by atoms with Crippen LogP contribution >= 0.6 is 0 Å². The second-order valence-electron chi connectivity index (χ2n) is 3.26. The lowest BCUT2D eigenvalue weighted by atomic mass is 9.90. The van der Waals surface area contributed by atoms with Gasteiger partial charge in [0, 0.05) is 0 Å². The van der Waals surface area contributed by atoms with Crippen LogP contribution in [0.5, 0.6) is 11.5 Å². The summed E-state index contributed by atoms with van der Waals surface area (Å²) in [6.45, 7) is 5.70. The highest BCUT2D eigenvalue weighted by atomic mass is 16.6. The summed E-state index contributed by atoms with van der Waals surface area (Å²) in [5.74, 6) is 3.44. The standard InChI is InChI=1S/C11H11BO2/c1-9(2)7-8-12-13-10-5-3-4-6-11(10)14-12/h3-8H,1H2,2H3/b8-7-. The molecule has 0 saturated carbocycles. The molecule has 3 heteroatoms. The normalized spacial score (nSPS) is 13.6. The summed E-state index contributed by atoms with van der Waals surface area (Å²) in [7, 11) is -0.316. The minimum absolute atomic E-state index is 0.316. The highest BCUT2D eigenvalue weighted by molar-refractivity contribution is 6.53. The fraction of sp³-hybridized carbons (Fsp3) is 0.0909. The maximum absolute atomic E-state index is 5.51. The molecule has 1 heterocycles. The molecular weight excluding hydrogens is 175 g/mol. The Morgan fingerprint density at radius 2 is 1.86 bits per heavy atom. The van der Waals surface area contributed by atoms with Crippen LogP contribution in [0.1, 0.15) is 6.92 Å². The molecule has 0 radical (unpaired) electrons. The van der Waals surface area contributed by atoms with Gasteiger partial charge < -0.3 is 9.31 Å². The third-order valence-electron chi connectivity index (χ3n) is 1.87. The maximum atomic E-state index is 5.51. The minimum atomic E-state index is -0.316. The fourth-order valence-electron chi connectivity index (χ4n) is 1.24. The van der Waals surface area contributed by atoms with Gasteiger partial charge in [-0.2, -0.15) is 0 Å². The molecule has 1 aromatic rings. The lowest BCUT2D eigenvalue weighted by Crippen LogP contribution is -2.21. The van der Waals surface area contributed by atoms with Crippen LogP contribution in [0, 0.1) is 0 Å². The Bertz CT molecular complexity index is 360. The van der Waals surface area contributed by atoms with Gasteiger partial charge in [0.05, 0.1) is 0 Å². The number of para-hydroxylation sites is 2. The predicted molar refractivity (Wildman–Crippen MR) is 57.4 cm³/mol. The van der Waals surface area contributed by atoms with Crippen molar-refractivity contribution in [3.63, 3.8) is 0 Å². The maximum Gasteiger partial charge on any atom is 0.625 e. The monoisotopic (exact) mass is 186 g/mol. The molecule has 70 valence electrons. The molecule has 0 N–H and O–H groups in total. The van der Waals surface area contributed by atoms with Gasteiger partial charge in [0.1, 0.15) is 11.5 Å². The van der Waals surface area contributed by atoms with E-state index < -0.39 is 0 Å². The van der Waals surface area contributed by atoms with Gasteiger partial charge in [-0.15, -0.1) is 0 Å². The van der Waals surface area contributed by atoms with Crippen molar-refractivity contribution in [1.29, 1.82) is 0 Å². The van der Waals surface area contributed by atoms with Crippen LogP contribution < -0.4 is 9.31 Å². The third-order valence-corrected chi connectivity index (χ3v) is 1.87. The molecule has 0 saturated heterocycles. The average Bonchev–Trinajstić information content (AvgIpc) is 2.57. The van der Waals surface area contributed by atoms with Crippen molar-refractivity contribution in [3.8, 4) is 11.5 Å². The Hall–Kier alpha value is -1.64. The molecule has 1 aromatic carbocycles. The van der Waals surface area contributed by atoms with E-state index in [-0.39, 0.29) is 7.12 Å². The van der Waals surface area contributed by atoms with E-state index in [9.17, 15) is 0 Å². The first-order chi connectivity index (χ1) is 6.75. The van der Waals surface area contributed by atoms with Gasteiger partial charge in [-0.25, -0.2) is 0 Å². The van der Waals surface area contributed by atoms with E-state index in [1.807, 2.05) is 43.2 Å². The molecule has 0 aromatic heterocycles. The molecule has 0 amide bonds. The average molecular weight is 186 g/mol. The summed E-state index contributed by atoms with van der Waals surface area (Å²) in [5.41, 5.74) is 0.980. The highest BCUT2D eigenvalue weighted by Gasteiger charge is 2.28. The Morgan fingerprint density at radius 3 is 2.36 bits per heavy atom. The lowest BCUT2D eigenvalue weighted by Gasteiger charge is -1.97. The minimum Gasteiger partial charge on any atom is -0.520 e. The highest BCUT2D eigenvalue weighted by Crippen LogP contribution is 2.32. The van der Waals surface area contributed by atoms with E-state index in [1.54, 1.807) is 0 Å². The van der Waals surface area contributed by atoms with Crippen molar-refractivity contribution in [1.82, 2.24) is 0 Å². The molecule has 0 fully saturated rings. The van der Waals surface area contributed by atoms with E-state index in [4.69, 9.17) is 9.31 Å². The zero-order valence-corrected chi connectivity index (χ0v) is 8.07. The Morgan fingerprint density at radius 1 is 1.29 bits per heavy atom. The van der Waals surface area contributed by atoms with Gasteiger partial charge in [0.2, 0.25) is 0 Å². The number of allylic oxidation sites excluding steroid dienone is 2. The van der Waals surface area contributed by atoms with Gasteiger partial charge in [-0.1, -0.05) is 30.4 Å². The van der Waals surface area contributed by atoms with Gasteiger partial charge >= 0.3 is 7.12 Å². The summed E-state index contributed by atoms with van der Waals surface area (Å²) in [5, 5.41) is 0. The first-order valence-corrected chi connectivity index (χ1v) is 4.52. The smallest absolute Gasteiger partial charge is 0.520 e. The zero-order chi connectivity index (χ0) is 9.97. The number of hydrogen-bond donors (Lipinski definition) is 0. The second kappa shape index (κ2) is 3.62. The number of fused-ring (bicyclic) bond motifs is 1. The number of benzene rings is 1. The molecule has 2 rings (SSSR count). The molecule has 0 atom stereocenters. The van der Waals surface area contributed by atoms with Gasteiger partial charge in [0.25, 0.3) is 0 Å². The first-order valence-electron chi connectivity index (χ1n) is 4.52.